The van der Waals surface area contributed by atoms with Gasteiger partial charge in [0.25, 0.3) is 0 Å². The summed E-state index contributed by atoms with van der Waals surface area (Å²) in [4.78, 5) is 0. The van der Waals surface area contributed by atoms with Crippen LogP contribution in [-0.2, 0) is 19.4 Å². The lowest BCUT2D eigenvalue weighted by Crippen LogP contribution is -2.15. The number of aryl methyl sites for hydroxylation is 1. The molecule has 0 radical (unpaired) electrons. The van der Waals surface area contributed by atoms with E-state index in [1.807, 2.05) is 0 Å². The summed E-state index contributed by atoms with van der Waals surface area (Å²) < 4.78 is 3.88. The van der Waals surface area contributed by atoms with Crippen LogP contribution in [-0.4, -0.2) is 4.57 Å². The van der Waals surface area contributed by atoms with Gasteiger partial charge in [0.2, 0.25) is 0 Å². The van der Waals surface area contributed by atoms with Crippen molar-refractivity contribution in [3.63, 3.8) is 0 Å². The van der Waals surface area contributed by atoms with Gasteiger partial charge >= 0.3 is 0 Å². The number of fused-ring (bicyclic) bond motifs is 3. The third-order valence-electron chi connectivity index (χ3n) is 6.15. The van der Waals surface area contributed by atoms with Crippen molar-refractivity contribution in [2.45, 2.75) is 38.6 Å². The van der Waals surface area contributed by atoms with Crippen molar-refractivity contribution < 1.29 is 0 Å². The summed E-state index contributed by atoms with van der Waals surface area (Å²) in [7, 11) is 0. The first kappa shape index (κ1) is 18.0. The second kappa shape index (κ2) is 7.40. The Morgan fingerprint density at radius 2 is 1.75 bits per heavy atom. The van der Waals surface area contributed by atoms with Crippen molar-refractivity contribution in [1.82, 2.24) is 4.57 Å². The molecule has 0 amide bonds. The van der Waals surface area contributed by atoms with Gasteiger partial charge in [-0.05, 0) is 95.1 Å². The highest BCUT2D eigenvalue weighted by Gasteiger charge is 2.26. The van der Waals surface area contributed by atoms with Crippen LogP contribution in [0.3, 0.4) is 0 Å². The van der Waals surface area contributed by atoms with E-state index >= 15 is 0 Å². The van der Waals surface area contributed by atoms with Crippen LogP contribution >= 0.6 is 22.6 Å². The minimum Gasteiger partial charge on any atom is -0.340 e. The van der Waals surface area contributed by atoms with Gasteiger partial charge in [0.1, 0.15) is 0 Å². The third-order valence-corrected chi connectivity index (χ3v) is 6.87. The summed E-state index contributed by atoms with van der Waals surface area (Å²) in [6.45, 7) is 3.16. The number of rotatable bonds is 3. The molecule has 0 bridgehead atoms. The molecule has 1 aromatic heterocycles. The van der Waals surface area contributed by atoms with Crippen molar-refractivity contribution in [2.24, 2.45) is 0 Å². The highest BCUT2D eigenvalue weighted by molar-refractivity contribution is 14.1. The standard InChI is InChI=1S/C26H24IN/c1-18-7-13-23-24-16-21(20-5-3-2-4-6-20)10-14-25(24)28(26(23)15-18)17-19-8-11-22(27)12-9-19/h2-9,11-13,15,21H,10,14,16-17H2,1H3/t21-/m0/s1. The summed E-state index contributed by atoms with van der Waals surface area (Å²) in [5.74, 6) is 0.632. The summed E-state index contributed by atoms with van der Waals surface area (Å²) in [5.41, 5.74) is 8.72. The Balaban J connectivity index is 1.60. The molecule has 0 aliphatic heterocycles. The van der Waals surface area contributed by atoms with E-state index in [0.717, 1.165) is 19.4 Å². The fraction of sp³-hybridized carbons (Fsp3) is 0.231. The Hall–Kier alpha value is -2.07. The van der Waals surface area contributed by atoms with E-state index in [2.05, 4.69) is 107 Å². The molecular formula is C26H24IN. The number of benzene rings is 3. The maximum Gasteiger partial charge on any atom is 0.0491 e. The van der Waals surface area contributed by atoms with Gasteiger partial charge in [-0.2, -0.15) is 0 Å². The van der Waals surface area contributed by atoms with Gasteiger partial charge in [0.05, 0.1) is 0 Å². The Labute approximate surface area is 180 Å². The Morgan fingerprint density at radius 3 is 2.54 bits per heavy atom. The van der Waals surface area contributed by atoms with E-state index in [1.54, 1.807) is 11.3 Å². The zero-order valence-electron chi connectivity index (χ0n) is 16.2. The van der Waals surface area contributed by atoms with Crippen molar-refractivity contribution >= 4 is 33.5 Å². The quantitative estimate of drug-likeness (QED) is 0.284. The molecule has 0 spiro atoms. The van der Waals surface area contributed by atoms with Gasteiger partial charge in [-0.15, -0.1) is 0 Å². The zero-order valence-corrected chi connectivity index (χ0v) is 18.3. The average Bonchev–Trinajstić information content (AvgIpc) is 3.02. The minimum atomic E-state index is 0.632. The summed E-state index contributed by atoms with van der Waals surface area (Å²) in [6, 6.07) is 27.0. The molecule has 0 fully saturated rings. The lowest BCUT2D eigenvalue weighted by molar-refractivity contribution is 0.562. The topological polar surface area (TPSA) is 4.93 Å². The molecule has 1 atom stereocenters. The van der Waals surface area contributed by atoms with Crippen molar-refractivity contribution in [2.75, 3.05) is 0 Å². The molecule has 1 nitrogen and oxygen atoms in total. The maximum absolute atomic E-state index is 2.58. The summed E-state index contributed by atoms with van der Waals surface area (Å²) in [6.07, 6.45) is 3.55. The summed E-state index contributed by atoms with van der Waals surface area (Å²) >= 11 is 2.38. The predicted octanol–water partition coefficient (Wildman–Crippen LogP) is 6.88. The zero-order chi connectivity index (χ0) is 19.1. The smallest absolute Gasteiger partial charge is 0.0491 e. The van der Waals surface area contributed by atoms with E-state index in [9.17, 15) is 0 Å². The van der Waals surface area contributed by atoms with Gasteiger partial charge in [-0.3, -0.25) is 0 Å². The highest BCUT2D eigenvalue weighted by Crippen LogP contribution is 2.39. The SMILES string of the molecule is Cc1ccc2c3c(n(Cc4ccc(I)cc4)c2c1)CC[C@H](c1ccccc1)C3. The van der Waals surface area contributed by atoms with E-state index in [-0.39, 0.29) is 0 Å². The molecule has 3 aromatic carbocycles. The van der Waals surface area contributed by atoms with Crippen LogP contribution in [0.1, 0.15) is 40.3 Å². The van der Waals surface area contributed by atoms with Crippen LogP contribution in [0.5, 0.6) is 0 Å². The molecule has 0 N–H and O–H groups in total. The predicted molar refractivity (Wildman–Crippen MR) is 126 cm³/mol. The molecule has 140 valence electrons. The van der Waals surface area contributed by atoms with Gasteiger partial charge in [-0.1, -0.05) is 54.6 Å². The van der Waals surface area contributed by atoms with Gasteiger partial charge in [-0.25, -0.2) is 0 Å². The molecule has 5 rings (SSSR count). The van der Waals surface area contributed by atoms with Crippen LogP contribution in [0.15, 0.2) is 72.8 Å². The molecule has 1 aliphatic rings. The fourth-order valence-corrected chi connectivity index (χ4v) is 5.08. The number of hydrogen-bond donors (Lipinski definition) is 0. The van der Waals surface area contributed by atoms with Crippen LogP contribution in [0.2, 0.25) is 0 Å². The van der Waals surface area contributed by atoms with E-state index in [4.69, 9.17) is 0 Å². The van der Waals surface area contributed by atoms with Gasteiger partial charge in [0.15, 0.2) is 0 Å². The van der Waals surface area contributed by atoms with Crippen LogP contribution < -0.4 is 0 Å². The first-order valence-corrected chi connectivity index (χ1v) is 11.2. The lowest BCUT2D eigenvalue weighted by atomic mass is 9.82. The van der Waals surface area contributed by atoms with Crippen LogP contribution in [0.4, 0.5) is 0 Å². The molecule has 28 heavy (non-hydrogen) atoms. The minimum absolute atomic E-state index is 0.632. The lowest BCUT2D eigenvalue weighted by Gasteiger charge is -2.24. The number of nitrogens with zero attached hydrogens (tertiary/aromatic N) is 1. The van der Waals surface area contributed by atoms with Gasteiger partial charge < -0.3 is 4.57 Å². The van der Waals surface area contributed by atoms with E-state index in [1.165, 1.54) is 37.6 Å². The van der Waals surface area contributed by atoms with Crippen molar-refractivity contribution in [1.29, 1.82) is 0 Å². The molecule has 0 saturated heterocycles. The Kier molecular flexibility index (Phi) is 4.75. The number of hydrogen-bond acceptors (Lipinski definition) is 0. The highest BCUT2D eigenvalue weighted by atomic mass is 127. The maximum atomic E-state index is 2.58. The second-order valence-corrected chi connectivity index (χ2v) is 9.25. The molecule has 1 heterocycles. The van der Waals surface area contributed by atoms with Gasteiger partial charge in [0, 0.05) is 26.7 Å². The summed E-state index contributed by atoms with van der Waals surface area (Å²) in [5, 5.41) is 1.45. The monoisotopic (exact) mass is 477 g/mol. The molecule has 2 heteroatoms. The Bertz CT molecular complexity index is 1120. The van der Waals surface area contributed by atoms with E-state index in [0.29, 0.717) is 5.92 Å². The fourth-order valence-electron chi connectivity index (χ4n) is 4.72. The Morgan fingerprint density at radius 1 is 0.964 bits per heavy atom. The van der Waals surface area contributed by atoms with E-state index < -0.39 is 0 Å². The number of halogens is 1. The molecule has 1 aliphatic carbocycles. The van der Waals surface area contributed by atoms with Crippen LogP contribution in [0.25, 0.3) is 10.9 Å². The molecular weight excluding hydrogens is 453 g/mol. The second-order valence-electron chi connectivity index (χ2n) is 8.01. The molecule has 0 saturated carbocycles. The first-order valence-electron chi connectivity index (χ1n) is 10.1. The average molecular weight is 477 g/mol. The normalized spacial score (nSPS) is 16.3. The first-order chi connectivity index (χ1) is 13.7. The van der Waals surface area contributed by atoms with Crippen LogP contribution in [0, 0.1) is 10.5 Å². The number of aromatic nitrogens is 1. The molecule has 0 unspecified atom stereocenters. The third kappa shape index (κ3) is 3.28. The van der Waals surface area contributed by atoms with Crippen molar-refractivity contribution in [3.05, 3.63) is 104 Å². The van der Waals surface area contributed by atoms with Crippen molar-refractivity contribution in [3.8, 4) is 0 Å². The molecule has 4 aromatic rings. The largest absolute Gasteiger partial charge is 0.340 e.